The van der Waals surface area contributed by atoms with E-state index in [1.54, 1.807) is 6.92 Å². The number of rotatable bonds is 12. The topological polar surface area (TPSA) is 76.1 Å². The molecule has 47 heavy (non-hydrogen) atoms. The van der Waals surface area contributed by atoms with Crippen molar-refractivity contribution in [3.05, 3.63) is 100 Å². The van der Waals surface area contributed by atoms with E-state index < -0.39 is 23.9 Å². The second-order valence-corrected chi connectivity index (χ2v) is 17.5. The van der Waals surface area contributed by atoms with Gasteiger partial charge in [0.15, 0.2) is 4.90 Å². The number of amides is 1. The average molecular weight is 700 g/mol. The quantitative estimate of drug-likeness (QED) is 0.153. The summed E-state index contributed by atoms with van der Waals surface area (Å²) in [5.74, 6) is -1.30. The zero-order valence-corrected chi connectivity index (χ0v) is 30.2. The first-order valence-corrected chi connectivity index (χ1v) is 18.4. The normalized spacial score (nSPS) is 23.7. The van der Waals surface area contributed by atoms with Gasteiger partial charge in [0.1, 0.15) is 4.75 Å². The minimum absolute atomic E-state index is 0.0195. The molecule has 6 atom stereocenters. The molecule has 1 heterocycles. The van der Waals surface area contributed by atoms with Crippen molar-refractivity contribution in [2.75, 3.05) is 26.3 Å². The number of ether oxygens (including phenoxy) is 2. The molecule has 1 amide bonds. The summed E-state index contributed by atoms with van der Waals surface area (Å²) in [6.45, 7) is 8.35. The molecule has 1 saturated carbocycles. The van der Waals surface area contributed by atoms with Crippen molar-refractivity contribution in [3.8, 4) is 0 Å². The Bertz CT molecular complexity index is 1530. The van der Waals surface area contributed by atoms with Gasteiger partial charge >= 0.3 is 5.97 Å². The number of piperidine rings is 1. The van der Waals surface area contributed by atoms with Gasteiger partial charge in [-0.2, -0.15) is 0 Å². The number of carbonyl (C=O) groups excluding carboxylic acids is 2. The first-order valence-electron chi connectivity index (χ1n) is 16.2. The third-order valence-electron chi connectivity index (χ3n) is 9.75. The molecule has 0 radical (unpaired) electrons. The van der Waals surface area contributed by atoms with Crippen LogP contribution in [0.15, 0.2) is 83.8 Å². The van der Waals surface area contributed by atoms with E-state index in [-0.39, 0.29) is 45.5 Å². The molecular weight excluding hydrogens is 653 g/mol. The first kappa shape index (κ1) is 35.7. The van der Waals surface area contributed by atoms with Crippen LogP contribution in [-0.4, -0.2) is 58.9 Å². The van der Waals surface area contributed by atoms with E-state index in [9.17, 15) is 9.90 Å². The van der Waals surface area contributed by atoms with Crippen LogP contribution in [0.1, 0.15) is 70.0 Å². The summed E-state index contributed by atoms with van der Waals surface area (Å²) in [6, 6.07) is 25.2. The van der Waals surface area contributed by atoms with Crippen molar-refractivity contribution in [2.45, 2.75) is 74.6 Å². The Balaban J connectivity index is 1.60. The van der Waals surface area contributed by atoms with Crippen LogP contribution in [0, 0.1) is 17.3 Å². The maximum Gasteiger partial charge on any atom is 0.312 e. The van der Waals surface area contributed by atoms with Crippen LogP contribution in [0.3, 0.4) is 0 Å². The summed E-state index contributed by atoms with van der Waals surface area (Å²) in [7, 11) is 1.10. The van der Waals surface area contributed by atoms with E-state index >= 15 is 4.79 Å². The third-order valence-corrected chi connectivity index (χ3v) is 13.0. The van der Waals surface area contributed by atoms with Gasteiger partial charge < -0.3 is 19.5 Å². The zero-order valence-electron chi connectivity index (χ0n) is 27.8. The number of carbonyl (C=O) groups is 2. The summed E-state index contributed by atoms with van der Waals surface area (Å²) in [5.41, 5.74) is 0.652. The van der Waals surface area contributed by atoms with Gasteiger partial charge in [0.25, 0.3) is 0 Å². The van der Waals surface area contributed by atoms with Crippen LogP contribution in [0.2, 0.25) is 10.0 Å². The fourth-order valence-corrected chi connectivity index (χ4v) is 9.32. The maximum absolute atomic E-state index is 15.1. The third kappa shape index (κ3) is 7.86. The number of esters is 1. The molecule has 3 aromatic carbocycles. The first-order chi connectivity index (χ1) is 22.4. The Morgan fingerprint density at radius 2 is 1.68 bits per heavy atom. The smallest absolute Gasteiger partial charge is 0.312 e. The van der Waals surface area contributed by atoms with Crippen molar-refractivity contribution in [3.63, 3.8) is 0 Å². The van der Waals surface area contributed by atoms with Gasteiger partial charge in [0, 0.05) is 16.0 Å². The molecule has 0 bridgehead atoms. The van der Waals surface area contributed by atoms with Crippen LogP contribution in [0.25, 0.3) is 0 Å². The number of likely N-dealkylation sites (tertiary alicyclic amines) is 1. The van der Waals surface area contributed by atoms with Crippen LogP contribution in [0.4, 0.5) is 0 Å². The maximum atomic E-state index is 15.1. The van der Waals surface area contributed by atoms with Crippen LogP contribution < -0.4 is 0 Å². The largest absolute Gasteiger partial charge is 0.469 e. The van der Waals surface area contributed by atoms with Crippen molar-refractivity contribution >= 4 is 46.0 Å². The summed E-state index contributed by atoms with van der Waals surface area (Å²) < 4.78 is 11.8. The summed E-state index contributed by atoms with van der Waals surface area (Å²) in [6.07, 6.45) is 2.28. The lowest BCUT2D eigenvalue weighted by Gasteiger charge is -2.53. The van der Waals surface area contributed by atoms with Gasteiger partial charge in [-0.3, -0.25) is 9.59 Å². The second-order valence-electron chi connectivity index (χ2n) is 14.0. The average Bonchev–Trinajstić information content (AvgIpc) is 3.89. The van der Waals surface area contributed by atoms with Gasteiger partial charge in [-0.1, -0.05) is 65.7 Å². The molecule has 1 aliphatic heterocycles. The highest BCUT2D eigenvalue weighted by atomic mass is 35.5. The minimum atomic E-state index is -1.25. The van der Waals surface area contributed by atoms with Gasteiger partial charge in [-0.15, -0.1) is 0 Å². The van der Waals surface area contributed by atoms with Gasteiger partial charge in [0.05, 0.1) is 54.6 Å². The Kier molecular flexibility index (Phi) is 11.3. The van der Waals surface area contributed by atoms with E-state index in [1.165, 1.54) is 12.0 Å². The SMILES string of the molecule is COC(=O)C(CO)[C@@]1(C)C[C@H](c2cccc(Cl)c2)C(c2ccc(Cl)cc2)N([C@H](COC[S+](c2ccccc2)C(C)(C)C)C2CC2)C1=O. The molecule has 1 N–H and O–H groups in total. The highest BCUT2D eigenvalue weighted by Crippen LogP contribution is 2.55. The number of halogens is 2. The van der Waals surface area contributed by atoms with Crippen LogP contribution in [0.5, 0.6) is 0 Å². The number of aliphatic hydroxyl groups is 1. The minimum Gasteiger partial charge on any atom is -0.469 e. The summed E-state index contributed by atoms with van der Waals surface area (Å²) in [4.78, 5) is 31.5. The Labute approximate surface area is 292 Å². The molecule has 1 saturated heterocycles. The van der Waals surface area contributed by atoms with Gasteiger partial charge in [-0.05, 0) is 100 Å². The van der Waals surface area contributed by atoms with E-state index in [0.717, 1.165) is 24.0 Å². The van der Waals surface area contributed by atoms with Crippen molar-refractivity contribution in [1.82, 2.24) is 4.90 Å². The molecule has 0 spiro atoms. The Morgan fingerprint density at radius 3 is 2.26 bits per heavy atom. The molecule has 6 nitrogen and oxygen atoms in total. The zero-order chi connectivity index (χ0) is 33.9. The standard InChI is InChI=1S/C38H46Cl2NO5S/c1-37(2,3)47(30-12-7-6-8-13-30)24-46-23-33(25-14-15-25)41-34(26-16-18-28(39)19-17-26)31(27-10-9-11-29(40)20-27)21-38(4,36(41)44)32(22-42)35(43)45-5/h6-13,16-20,25,31-34,42H,14-15,21-24H2,1-5H3/q+1/t31-,32?,33-,34?,38-,47?/m1/s1. The lowest BCUT2D eigenvalue weighted by molar-refractivity contribution is -0.173. The monoisotopic (exact) mass is 698 g/mol. The number of methoxy groups -OCH3 is 1. The molecule has 252 valence electrons. The molecule has 0 aromatic heterocycles. The molecule has 3 unspecified atom stereocenters. The molecule has 2 fully saturated rings. The number of benzene rings is 3. The van der Waals surface area contributed by atoms with E-state index in [4.69, 9.17) is 32.7 Å². The number of aliphatic hydroxyl groups excluding tert-OH is 1. The van der Waals surface area contributed by atoms with Crippen molar-refractivity contribution < 1.29 is 24.2 Å². The number of nitrogens with zero attached hydrogens (tertiary/aromatic N) is 1. The second kappa shape index (κ2) is 14.9. The summed E-state index contributed by atoms with van der Waals surface area (Å²) in [5, 5.41) is 11.8. The van der Waals surface area contributed by atoms with E-state index in [0.29, 0.717) is 29.0 Å². The molecule has 3 aromatic rings. The predicted octanol–water partition coefficient (Wildman–Crippen LogP) is 8.07. The molecule has 9 heteroatoms. The number of hydrogen-bond donors (Lipinski definition) is 1. The molecule has 5 rings (SSSR count). The van der Waals surface area contributed by atoms with Crippen LogP contribution in [-0.2, 0) is 30.0 Å². The Hall–Kier alpha value is -2.55. The predicted molar refractivity (Wildman–Crippen MR) is 190 cm³/mol. The number of hydrogen-bond acceptors (Lipinski definition) is 5. The molecule has 2 aliphatic rings. The highest BCUT2D eigenvalue weighted by molar-refractivity contribution is 7.98. The summed E-state index contributed by atoms with van der Waals surface area (Å²) >= 11 is 12.9. The van der Waals surface area contributed by atoms with E-state index in [1.807, 2.05) is 59.5 Å². The van der Waals surface area contributed by atoms with Crippen molar-refractivity contribution in [1.29, 1.82) is 0 Å². The Morgan fingerprint density at radius 1 is 1.00 bits per heavy atom. The molecular formula is C38H46Cl2NO5S+. The van der Waals surface area contributed by atoms with E-state index in [2.05, 4.69) is 45.0 Å². The lowest BCUT2D eigenvalue weighted by atomic mass is 9.63. The van der Waals surface area contributed by atoms with Gasteiger partial charge in [0.2, 0.25) is 11.8 Å². The van der Waals surface area contributed by atoms with Gasteiger partial charge in [-0.25, -0.2) is 0 Å². The highest BCUT2D eigenvalue weighted by Gasteiger charge is 2.58. The lowest BCUT2D eigenvalue weighted by Crippen LogP contribution is -2.60. The van der Waals surface area contributed by atoms with Crippen LogP contribution >= 0.6 is 23.2 Å². The fourth-order valence-electron chi connectivity index (χ4n) is 7.05. The molecule has 1 aliphatic carbocycles. The fraction of sp³-hybridized carbons (Fsp3) is 0.474. The van der Waals surface area contributed by atoms with Crippen molar-refractivity contribution in [2.24, 2.45) is 17.3 Å².